The predicted octanol–water partition coefficient (Wildman–Crippen LogP) is 4.51. The first kappa shape index (κ1) is 19.8. The molecule has 8 heteroatoms. The summed E-state index contributed by atoms with van der Waals surface area (Å²) in [6.07, 6.45) is 7.32. The molecule has 1 saturated heterocycles. The van der Waals surface area contributed by atoms with Crippen molar-refractivity contribution in [1.82, 2.24) is 29.7 Å². The zero-order chi connectivity index (χ0) is 21.4. The average molecular weight is 447 g/mol. The van der Waals surface area contributed by atoms with Crippen molar-refractivity contribution in [2.75, 3.05) is 0 Å². The summed E-state index contributed by atoms with van der Waals surface area (Å²) >= 11 is 7.45. The molecular weight excluding hydrogens is 424 g/mol. The molecule has 0 unspecified atom stereocenters. The molecule has 0 aromatic carbocycles. The Kier molecular flexibility index (Phi) is 5.25. The van der Waals surface area contributed by atoms with Gasteiger partial charge in [-0.1, -0.05) is 6.07 Å². The minimum Gasteiger partial charge on any atom is -0.352 e. The van der Waals surface area contributed by atoms with Crippen LogP contribution in [0.1, 0.15) is 40.3 Å². The molecule has 2 atom stereocenters. The Bertz CT molecular complexity index is 1190. The summed E-state index contributed by atoms with van der Waals surface area (Å²) in [4.78, 5) is 15.6. The van der Waals surface area contributed by atoms with Gasteiger partial charge < -0.3 is 10.2 Å². The number of thiocarbonyl (C=S) groups is 1. The van der Waals surface area contributed by atoms with E-state index in [1.165, 1.54) is 16.8 Å². The molecule has 1 fully saturated rings. The van der Waals surface area contributed by atoms with Crippen molar-refractivity contribution in [2.24, 2.45) is 0 Å². The molecular formula is C23H22N6S2. The van der Waals surface area contributed by atoms with Crippen LogP contribution in [0.3, 0.4) is 0 Å². The van der Waals surface area contributed by atoms with Crippen LogP contribution >= 0.6 is 23.6 Å². The maximum atomic E-state index is 5.81. The first-order valence-electron chi connectivity index (χ1n) is 10.1. The third-order valence-electron chi connectivity index (χ3n) is 5.70. The van der Waals surface area contributed by atoms with E-state index >= 15 is 0 Å². The van der Waals surface area contributed by atoms with Crippen LogP contribution in [-0.4, -0.2) is 29.5 Å². The number of nitrogens with zero attached hydrogens (tertiary/aromatic N) is 5. The summed E-state index contributed by atoms with van der Waals surface area (Å²) in [6, 6.07) is 12.3. The molecule has 0 bridgehead atoms. The van der Waals surface area contributed by atoms with Crippen molar-refractivity contribution in [2.45, 2.75) is 32.5 Å². The zero-order valence-corrected chi connectivity index (χ0v) is 18.9. The number of pyridine rings is 2. The second kappa shape index (κ2) is 8.20. The van der Waals surface area contributed by atoms with E-state index in [9.17, 15) is 0 Å². The lowest BCUT2D eigenvalue weighted by Gasteiger charge is -2.28. The number of nitrogens with one attached hydrogen (secondary N) is 1. The Labute approximate surface area is 190 Å². The van der Waals surface area contributed by atoms with Gasteiger partial charge in [0.15, 0.2) is 10.2 Å². The molecule has 1 N–H and O–H groups in total. The van der Waals surface area contributed by atoms with Gasteiger partial charge in [-0.3, -0.25) is 14.5 Å². The molecule has 0 radical (unpaired) electrons. The Morgan fingerprint density at radius 2 is 1.90 bits per heavy atom. The van der Waals surface area contributed by atoms with Crippen molar-refractivity contribution >= 4 is 28.7 Å². The Hall–Kier alpha value is -3.10. The standard InChI is InChI=1S/C23H22N6S2/c1-15-13-18(16(2)29(15)23-26-11-12-31-23)21-20(19-5-3-4-8-25-19)27-22(30)28(21)14-17-6-9-24-10-7-17/h3-13,20-21H,14H2,1-2H3,(H,27,30)/t20-,21+/m1/s1. The van der Waals surface area contributed by atoms with Crippen molar-refractivity contribution in [3.8, 4) is 5.13 Å². The van der Waals surface area contributed by atoms with Gasteiger partial charge in [0.1, 0.15) is 0 Å². The highest BCUT2D eigenvalue weighted by atomic mass is 32.1. The lowest BCUT2D eigenvalue weighted by atomic mass is 9.96. The number of aromatic nitrogens is 4. The van der Waals surface area contributed by atoms with E-state index in [-0.39, 0.29) is 12.1 Å². The lowest BCUT2D eigenvalue weighted by Crippen LogP contribution is -2.29. The highest BCUT2D eigenvalue weighted by Crippen LogP contribution is 2.42. The van der Waals surface area contributed by atoms with E-state index in [2.05, 4.69) is 55.7 Å². The molecule has 4 aromatic rings. The van der Waals surface area contributed by atoms with Crippen LogP contribution in [0, 0.1) is 13.8 Å². The van der Waals surface area contributed by atoms with Gasteiger partial charge in [0.05, 0.1) is 17.8 Å². The van der Waals surface area contributed by atoms with Crippen molar-refractivity contribution in [3.05, 3.63) is 94.8 Å². The Morgan fingerprint density at radius 3 is 2.61 bits per heavy atom. The highest BCUT2D eigenvalue weighted by molar-refractivity contribution is 7.80. The summed E-state index contributed by atoms with van der Waals surface area (Å²) in [7, 11) is 0. The second-order valence-electron chi connectivity index (χ2n) is 7.59. The maximum absolute atomic E-state index is 5.81. The van der Waals surface area contributed by atoms with Gasteiger partial charge >= 0.3 is 0 Å². The third-order valence-corrected chi connectivity index (χ3v) is 6.81. The summed E-state index contributed by atoms with van der Waals surface area (Å²) in [5.74, 6) is 0. The van der Waals surface area contributed by atoms with Gasteiger partial charge in [-0.2, -0.15) is 0 Å². The molecule has 0 spiro atoms. The topological polar surface area (TPSA) is 58.9 Å². The van der Waals surface area contributed by atoms with E-state index < -0.39 is 0 Å². The zero-order valence-electron chi connectivity index (χ0n) is 17.3. The van der Waals surface area contributed by atoms with Crippen molar-refractivity contribution in [1.29, 1.82) is 0 Å². The van der Waals surface area contributed by atoms with E-state index in [0.717, 1.165) is 21.6 Å². The quantitative estimate of drug-likeness (QED) is 0.455. The van der Waals surface area contributed by atoms with Gasteiger partial charge in [0.2, 0.25) is 0 Å². The normalized spacial score (nSPS) is 18.4. The first-order valence-corrected chi connectivity index (χ1v) is 11.4. The van der Waals surface area contributed by atoms with Gasteiger partial charge in [0.25, 0.3) is 0 Å². The fourth-order valence-corrected chi connectivity index (χ4v) is 5.36. The molecule has 0 amide bonds. The number of rotatable bonds is 5. The smallest absolute Gasteiger partial charge is 0.193 e. The first-order chi connectivity index (χ1) is 15.1. The summed E-state index contributed by atoms with van der Waals surface area (Å²) in [5, 5.41) is 7.25. The summed E-state index contributed by atoms with van der Waals surface area (Å²) in [6.45, 7) is 4.98. The molecule has 4 aromatic heterocycles. The van der Waals surface area contributed by atoms with Crippen LogP contribution in [0.5, 0.6) is 0 Å². The highest BCUT2D eigenvalue weighted by Gasteiger charge is 2.41. The number of hydrogen-bond donors (Lipinski definition) is 1. The van der Waals surface area contributed by atoms with Crippen LogP contribution in [0.4, 0.5) is 0 Å². The largest absolute Gasteiger partial charge is 0.352 e. The second-order valence-corrected chi connectivity index (χ2v) is 8.85. The molecule has 1 aliphatic rings. The fourth-order valence-electron chi connectivity index (χ4n) is 4.31. The minimum atomic E-state index is -0.0409. The fraction of sp³-hybridized carbons (Fsp3) is 0.217. The van der Waals surface area contributed by atoms with Gasteiger partial charge in [-0.25, -0.2) is 4.98 Å². The molecule has 0 aliphatic carbocycles. The van der Waals surface area contributed by atoms with Gasteiger partial charge in [-0.05, 0) is 67.5 Å². The van der Waals surface area contributed by atoms with Crippen molar-refractivity contribution in [3.63, 3.8) is 0 Å². The SMILES string of the molecule is Cc1cc([C@H]2[C@@H](c3ccccn3)NC(=S)N2Cc2ccncc2)c(C)n1-c1nccs1. The van der Waals surface area contributed by atoms with Crippen molar-refractivity contribution < 1.29 is 0 Å². The van der Waals surface area contributed by atoms with Crippen LogP contribution in [-0.2, 0) is 6.54 Å². The van der Waals surface area contributed by atoms with E-state index in [4.69, 9.17) is 12.2 Å². The van der Waals surface area contributed by atoms with Crippen LogP contribution < -0.4 is 5.32 Å². The maximum Gasteiger partial charge on any atom is 0.193 e. The van der Waals surface area contributed by atoms with Crippen LogP contribution in [0.25, 0.3) is 5.13 Å². The molecule has 156 valence electrons. The summed E-state index contributed by atoms with van der Waals surface area (Å²) in [5.41, 5.74) is 5.70. The molecule has 1 aliphatic heterocycles. The number of hydrogen-bond acceptors (Lipinski definition) is 5. The van der Waals surface area contributed by atoms with Crippen LogP contribution in [0.2, 0.25) is 0 Å². The van der Waals surface area contributed by atoms with E-state index in [1.807, 2.05) is 54.4 Å². The Morgan fingerprint density at radius 1 is 1.06 bits per heavy atom. The predicted molar refractivity (Wildman–Crippen MR) is 126 cm³/mol. The Balaban J connectivity index is 1.62. The molecule has 31 heavy (non-hydrogen) atoms. The monoisotopic (exact) mass is 446 g/mol. The number of thiazole rings is 1. The molecule has 0 saturated carbocycles. The average Bonchev–Trinajstić information content (AvgIpc) is 3.49. The molecule has 6 nitrogen and oxygen atoms in total. The summed E-state index contributed by atoms with van der Waals surface area (Å²) < 4.78 is 2.22. The van der Waals surface area contributed by atoms with E-state index in [1.54, 1.807) is 11.3 Å². The van der Waals surface area contributed by atoms with Crippen LogP contribution in [0.15, 0.2) is 66.6 Å². The van der Waals surface area contributed by atoms with Gasteiger partial charge in [0, 0.05) is 48.1 Å². The third kappa shape index (κ3) is 3.62. The molecule has 5 heterocycles. The van der Waals surface area contributed by atoms with E-state index in [0.29, 0.717) is 6.54 Å². The lowest BCUT2D eigenvalue weighted by molar-refractivity contribution is 0.310. The van der Waals surface area contributed by atoms with Gasteiger partial charge in [-0.15, -0.1) is 11.3 Å². The number of aryl methyl sites for hydroxylation is 1. The molecule has 5 rings (SSSR count). The minimum absolute atomic E-state index is 0.00970.